The van der Waals surface area contributed by atoms with Gasteiger partial charge in [0.05, 0.1) is 5.60 Å². The van der Waals surface area contributed by atoms with Crippen molar-refractivity contribution in [3.8, 4) is 0 Å². The Bertz CT molecular complexity index is 463. The second-order valence-electron chi connectivity index (χ2n) is 5.59. The highest BCUT2D eigenvalue weighted by Gasteiger charge is 2.42. The summed E-state index contributed by atoms with van der Waals surface area (Å²) in [7, 11) is 0. The molecule has 1 saturated carbocycles. The normalized spacial score (nSPS) is 28.8. The Morgan fingerprint density at radius 2 is 2.22 bits per heavy atom. The van der Waals surface area contributed by atoms with Crippen molar-refractivity contribution in [2.24, 2.45) is 0 Å². The summed E-state index contributed by atoms with van der Waals surface area (Å²) in [4.78, 5) is 2.34. The van der Waals surface area contributed by atoms with Crippen molar-refractivity contribution >= 4 is 11.6 Å². The molecule has 1 saturated heterocycles. The van der Waals surface area contributed by atoms with Gasteiger partial charge in [0, 0.05) is 30.6 Å². The van der Waals surface area contributed by atoms with Gasteiger partial charge in [-0.3, -0.25) is 4.90 Å². The fourth-order valence-corrected chi connectivity index (χ4v) is 3.00. The van der Waals surface area contributed by atoms with Crippen LogP contribution in [-0.4, -0.2) is 34.7 Å². The zero-order valence-electron chi connectivity index (χ0n) is 10.2. The molecule has 0 radical (unpaired) electrons. The number of β-amino-alcohol motifs (C(OH)–C–C–N with tert-alkyl or cyclic N) is 1. The van der Waals surface area contributed by atoms with E-state index in [0.717, 1.165) is 13.0 Å². The molecule has 1 aliphatic carbocycles. The van der Waals surface area contributed by atoms with Gasteiger partial charge in [0.1, 0.15) is 5.82 Å². The van der Waals surface area contributed by atoms with Crippen LogP contribution in [0.2, 0.25) is 5.02 Å². The first-order valence-electron chi connectivity index (χ1n) is 6.46. The molecule has 1 aromatic rings. The van der Waals surface area contributed by atoms with Crippen LogP contribution in [0.15, 0.2) is 18.2 Å². The Morgan fingerprint density at radius 3 is 2.94 bits per heavy atom. The standard InChI is InChI=1S/C14H17ClFNO/c15-13-4-1-11(16)7-10(13)8-14(18)5-6-17(9-14)12-2-3-12/h1,4,7,12,18H,2-3,5-6,8-9H2. The number of nitrogens with zero attached hydrogens (tertiary/aromatic N) is 1. The Hall–Kier alpha value is -0.640. The van der Waals surface area contributed by atoms with Gasteiger partial charge in [-0.15, -0.1) is 0 Å². The molecule has 0 aromatic heterocycles. The van der Waals surface area contributed by atoms with E-state index >= 15 is 0 Å². The van der Waals surface area contributed by atoms with Crippen molar-refractivity contribution in [2.45, 2.75) is 37.3 Å². The molecule has 1 atom stereocenters. The van der Waals surface area contributed by atoms with Gasteiger partial charge in [-0.25, -0.2) is 4.39 Å². The molecule has 2 nitrogen and oxygen atoms in total. The van der Waals surface area contributed by atoms with Crippen molar-refractivity contribution < 1.29 is 9.50 Å². The number of aliphatic hydroxyl groups is 1. The minimum Gasteiger partial charge on any atom is -0.388 e. The third-order valence-corrected chi connectivity index (χ3v) is 4.32. The number of benzene rings is 1. The average molecular weight is 270 g/mol. The van der Waals surface area contributed by atoms with E-state index in [-0.39, 0.29) is 5.82 Å². The van der Waals surface area contributed by atoms with Gasteiger partial charge in [-0.1, -0.05) is 11.6 Å². The molecule has 0 bridgehead atoms. The lowest BCUT2D eigenvalue weighted by Gasteiger charge is -2.24. The number of rotatable bonds is 3. The van der Waals surface area contributed by atoms with Crippen LogP contribution in [0.25, 0.3) is 0 Å². The van der Waals surface area contributed by atoms with E-state index in [4.69, 9.17) is 11.6 Å². The van der Waals surface area contributed by atoms with Gasteiger partial charge in [-0.05, 0) is 43.0 Å². The Balaban J connectivity index is 1.73. The molecule has 0 spiro atoms. The van der Waals surface area contributed by atoms with Crippen LogP contribution >= 0.6 is 11.6 Å². The van der Waals surface area contributed by atoms with Gasteiger partial charge >= 0.3 is 0 Å². The summed E-state index contributed by atoms with van der Waals surface area (Å²) in [5, 5.41) is 11.1. The molecule has 1 heterocycles. The first-order valence-corrected chi connectivity index (χ1v) is 6.84. The summed E-state index contributed by atoms with van der Waals surface area (Å²) in [5.41, 5.74) is -0.0446. The van der Waals surface area contributed by atoms with Crippen LogP contribution < -0.4 is 0 Å². The zero-order chi connectivity index (χ0) is 12.8. The van der Waals surface area contributed by atoms with Gasteiger partial charge in [-0.2, -0.15) is 0 Å². The van der Waals surface area contributed by atoms with Crippen LogP contribution in [0.5, 0.6) is 0 Å². The molecule has 18 heavy (non-hydrogen) atoms. The average Bonchev–Trinajstić information content (AvgIpc) is 3.09. The summed E-state index contributed by atoms with van der Waals surface area (Å²) in [6.07, 6.45) is 3.68. The molecule has 1 N–H and O–H groups in total. The summed E-state index contributed by atoms with van der Waals surface area (Å²) >= 11 is 6.06. The summed E-state index contributed by atoms with van der Waals surface area (Å²) in [5.74, 6) is -0.296. The number of hydrogen-bond donors (Lipinski definition) is 1. The van der Waals surface area contributed by atoms with E-state index in [1.54, 1.807) is 6.07 Å². The molecule has 4 heteroatoms. The second-order valence-corrected chi connectivity index (χ2v) is 6.00. The largest absolute Gasteiger partial charge is 0.388 e. The lowest BCUT2D eigenvalue weighted by atomic mass is 9.93. The highest BCUT2D eigenvalue weighted by molar-refractivity contribution is 6.31. The van der Waals surface area contributed by atoms with Gasteiger partial charge in [0.2, 0.25) is 0 Å². The van der Waals surface area contributed by atoms with Crippen LogP contribution in [0.3, 0.4) is 0 Å². The van der Waals surface area contributed by atoms with E-state index in [9.17, 15) is 9.50 Å². The van der Waals surface area contributed by atoms with Crippen molar-refractivity contribution in [1.29, 1.82) is 0 Å². The van der Waals surface area contributed by atoms with Crippen LogP contribution in [0, 0.1) is 5.82 Å². The number of likely N-dealkylation sites (tertiary alicyclic amines) is 1. The van der Waals surface area contributed by atoms with Gasteiger partial charge in [0.15, 0.2) is 0 Å². The first-order chi connectivity index (χ1) is 8.56. The van der Waals surface area contributed by atoms with E-state index in [2.05, 4.69) is 4.90 Å². The van der Waals surface area contributed by atoms with Crippen LogP contribution in [0.1, 0.15) is 24.8 Å². The minimum absolute atomic E-state index is 0.296. The summed E-state index contributed by atoms with van der Waals surface area (Å²) in [6.45, 7) is 1.62. The topological polar surface area (TPSA) is 23.5 Å². The van der Waals surface area contributed by atoms with Crippen molar-refractivity contribution in [1.82, 2.24) is 4.90 Å². The van der Waals surface area contributed by atoms with E-state index < -0.39 is 5.60 Å². The van der Waals surface area contributed by atoms with Gasteiger partial charge in [0.25, 0.3) is 0 Å². The lowest BCUT2D eigenvalue weighted by Crippen LogP contribution is -2.36. The zero-order valence-corrected chi connectivity index (χ0v) is 11.0. The molecular formula is C14H17ClFNO. The van der Waals surface area contributed by atoms with Gasteiger partial charge < -0.3 is 5.11 Å². The smallest absolute Gasteiger partial charge is 0.123 e. The first kappa shape index (κ1) is 12.4. The molecule has 0 amide bonds. The molecular weight excluding hydrogens is 253 g/mol. The van der Waals surface area contributed by atoms with Crippen LogP contribution in [0.4, 0.5) is 4.39 Å². The predicted molar refractivity (Wildman–Crippen MR) is 69.3 cm³/mol. The quantitative estimate of drug-likeness (QED) is 0.912. The summed E-state index contributed by atoms with van der Waals surface area (Å²) < 4.78 is 13.2. The monoisotopic (exact) mass is 269 g/mol. The number of halogens is 2. The molecule has 1 aliphatic heterocycles. The van der Waals surface area contributed by atoms with Crippen molar-refractivity contribution in [2.75, 3.05) is 13.1 Å². The summed E-state index contributed by atoms with van der Waals surface area (Å²) in [6, 6.07) is 5.01. The molecule has 1 aromatic carbocycles. The maximum Gasteiger partial charge on any atom is 0.123 e. The molecule has 1 unspecified atom stereocenters. The predicted octanol–water partition coefficient (Wildman–Crippen LogP) is 2.62. The molecule has 2 aliphatic rings. The van der Waals surface area contributed by atoms with Crippen molar-refractivity contribution in [3.63, 3.8) is 0 Å². The molecule has 98 valence electrons. The van der Waals surface area contributed by atoms with E-state index in [1.807, 2.05) is 0 Å². The Morgan fingerprint density at radius 1 is 1.44 bits per heavy atom. The third kappa shape index (κ3) is 2.53. The van der Waals surface area contributed by atoms with E-state index in [1.165, 1.54) is 25.0 Å². The molecule has 2 fully saturated rings. The SMILES string of the molecule is OC1(Cc2cc(F)ccc2Cl)CCN(C2CC2)C1. The fraction of sp³-hybridized carbons (Fsp3) is 0.571. The second kappa shape index (κ2) is 4.48. The maximum absolute atomic E-state index is 13.2. The number of hydrogen-bond acceptors (Lipinski definition) is 2. The Labute approximate surface area is 111 Å². The van der Waals surface area contributed by atoms with Crippen molar-refractivity contribution in [3.05, 3.63) is 34.6 Å². The van der Waals surface area contributed by atoms with Crippen LogP contribution in [-0.2, 0) is 6.42 Å². The minimum atomic E-state index is -0.750. The fourth-order valence-electron chi connectivity index (χ4n) is 2.82. The van der Waals surface area contributed by atoms with E-state index in [0.29, 0.717) is 29.6 Å². The highest BCUT2D eigenvalue weighted by atomic mass is 35.5. The lowest BCUT2D eigenvalue weighted by molar-refractivity contribution is 0.0487. The Kier molecular flexibility index (Phi) is 3.08. The molecule has 3 rings (SSSR count). The highest BCUT2D eigenvalue weighted by Crippen LogP contribution is 2.35. The third-order valence-electron chi connectivity index (χ3n) is 3.95. The maximum atomic E-state index is 13.2.